The lowest BCUT2D eigenvalue weighted by atomic mass is 10.1. The third-order valence-corrected chi connectivity index (χ3v) is 5.23. The molecule has 0 radical (unpaired) electrons. The number of hydrogen-bond acceptors (Lipinski definition) is 4. The van der Waals surface area contributed by atoms with Gasteiger partial charge in [0.1, 0.15) is 0 Å². The van der Waals surface area contributed by atoms with Gasteiger partial charge in [0, 0.05) is 25.3 Å². The Balaban J connectivity index is 1.85. The number of anilines is 1. The Morgan fingerprint density at radius 3 is 2.71 bits per heavy atom. The molecular formula is C21H29N5O2. The maximum Gasteiger partial charge on any atom is 0.287 e. The van der Waals surface area contributed by atoms with Crippen molar-refractivity contribution in [3.63, 3.8) is 0 Å². The Hall–Kier alpha value is -2.67. The number of carbonyl (C=O) groups is 2. The molecule has 28 heavy (non-hydrogen) atoms. The Labute approximate surface area is 166 Å². The number of aryl methyl sites for hydroxylation is 1. The lowest BCUT2D eigenvalue weighted by molar-refractivity contribution is 0.0935. The van der Waals surface area contributed by atoms with E-state index in [0.717, 1.165) is 54.9 Å². The molecule has 2 N–H and O–H groups in total. The molecule has 3 rings (SSSR count). The zero-order valence-electron chi connectivity index (χ0n) is 17.1. The first-order valence-electron chi connectivity index (χ1n) is 9.78. The number of aromatic nitrogens is 2. The highest BCUT2D eigenvalue weighted by atomic mass is 16.2. The molecule has 1 aromatic heterocycles. The summed E-state index contributed by atoms with van der Waals surface area (Å²) in [6, 6.07) is 5.82. The SMILES string of the molecule is Cc1cccc(NC(=O)c2nc(C(=O)NCCN(C)C)n3c2CCCC3)c1C. The average molecular weight is 383 g/mol. The molecule has 1 aromatic carbocycles. The summed E-state index contributed by atoms with van der Waals surface area (Å²) in [7, 11) is 3.92. The fourth-order valence-corrected chi connectivity index (χ4v) is 3.44. The quantitative estimate of drug-likeness (QED) is 0.803. The zero-order valence-corrected chi connectivity index (χ0v) is 17.1. The molecule has 1 aliphatic rings. The number of carbonyl (C=O) groups excluding carboxylic acids is 2. The van der Waals surface area contributed by atoms with E-state index in [1.54, 1.807) is 0 Å². The molecule has 2 heterocycles. The van der Waals surface area contributed by atoms with E-state index in [0.29, 0.717) is 18.1 Å². The van der Waals surface area contributed by atoms with Gasteiger partial charge < -0.3 is 20.1 Å². The molecule has 2 aromatic rings. The highest BCUT2D eigenvalue weighted by molar-refractivity contribution is 6.05. The molecular weight excluding hydrogens is 354 g/mol. The van der Waals surface area contributed by atoms with Gasteiger partial charge in [0.05, 0.1) is 5.69 Å². The number of likely N-dealkylation sites (N-methyl/N-ethyl adjacent to an activating group) is 1. The number of hydrogen-bond donors (Lipinski definition) is 2. The largest absolute Gasteiger partial charge is 0.348 e. The topological polar surface area (TPSA) is 79.3 Å². The second-order valence-corrected chi connectivity index (χ2v) is 7.60. The Morgan fingerprint density at radius 1 is 1.18 bits per heavy atom. The van der Waals surface area contributed by atoms with Crippen molar-refractivity contribution >= 4 is 17.5 Å². The Morgan fingerprint density at radius 2 is 1.96 bits per heavy atom. The molecule has 0 unspecified atom stereocenters. The van der Waals surface area contributed by atoms with Crippen LogP contribution in [0.25, 0.3) is 0 Å². The van der Waals surface area contributed by atoms with Crippen molar-refractivity contribution in [3.05, 3.63) is 46.5 Å². The predicted octanol–water partition coefficient (Wildman–Crippen LogP) is 2.38. The van der Waals surface area contributed by atoms with Gasteiger partial charge in [-0.3, -0.25) is 9.59 Å². The molecule has 0 saturated carbocycles. The van der Waals surface area contributed by atoms with Crippen LogP contribution in [0.2, 0.25) is 0 Å². The van der Waals surface area contributed by atoms with Gasteiger partial charge in [-0.05, 0) is 64.4 Å². The third-order valence-electron chi connectivity index (χ3n) is 5.23. The van der Waals surface area contributed by atoms with E-state index in [4.69, 9.17) is 0 Å². The number of nitrogens with one attached hydrogen (secondary N) is 2. The highest BCUT2D eigenvalue weighted by Crippen LogP contribution is 2.23. The predicted molar refractivity (Wildman–Crippen MR) is 110 cm³/mol. The van der Waals surface area contributed by atoms with Crippen LogP contribution >= 0.6 is 0 Å². The fraction of sp³-hybridized carbons (Fsp3) is 0.476. The van der Waals surface area contributed by atoms with E-state index in [1.165, 1.54) is 0 Å². The maximum absolute atomic E-state index is 13.0. The molecule has 7 heteroatoms. The van der Waals surface area contributed by atoms with Gasteiger partial charge in [0.15, 0.2) is 11.5 Å². The molecule has 1 aliphatic heterocycles. The van der Waals surface area contributed by atoms with Crippen molar-refractivity contribution < 1.29 is 9.59 Å². The van der Waals surface area contributed by atoms with Crippen molar-refractivity contribution in [2.24, 2.45) is 0 Å². The molecule has 7 nitrogen and oxygen atoms in total. The van der Waals surface area contributed by atoms with Gasteiger partial charge in [0.2, 0.25) is 0 Å². The van der Waals surface area contributed by atoms with Crippen LogP contribution in [0.15, 0.2) is 18.2 Å². The minimum absolute atomic E-state index is 0.226. The van der Waals surface area contributed by atoms with Crippen molar-refractivity contribution in [1.29, 1.82) is 0 Å². The van der Waals surface area contributed by atoms with Crippen LogP contribution in [0.5, 0.6) is 0 Å². The number of rotatable bonds is 6. The average Bonchev–Trinajstić information content (AvgIpc) is 3.05. The number of benzene rings is 1. The summed E-state index contributed by atoms with van der Waals surface area (Å²) in [5.41, 5.74) is 4.14. The van der Waals surface area contributed by atoms with Crippen LogP contribution in [0.4, 0.5) is 5.69 Å². The van der Waals surface area contributed by atoms with Crippen molar-refractivity contribution in [2.45, 2.75) is 39.7 Å². The van der Waals surface area contributed by atoms with E-state index < -0.39 is 0 Å². The molecule has 0 fully saturated rings. The molecule has 0 bridgehead atoms. The van der Waals surface area contributed by atoms with Gasteiger partial charge in [-0.1, -0.05) is 12.1 Å². The van der Waals surface area contributed by atoms with Crippen LogP contribution < -0.4 is 10.6 Å². The van der Waals surface area contributed by atoms with E-state index in [-0.39, 0.29) is 11.8 Å². The first kappa shape index (κ1) is 20.1. The fourth-order valence-electron chi connectivity index (χ4n) is 3.44. The first-order chi connectivity index (χ1) is 13.4. The smallest absolute Gasteiger partial charge is 0.287 e. The number of nitrogens with zero attached hydrogens (tertiary/aromatic N) is 3. The Bertz CT molecular complexity index is 885. The van der Waals surface area contributed by atoms with Crippen molar-refractivity contribution in [3.8, 4) is 0 Å². The van der Waals surface area contributed by atoms with Crippen LogP contribution in [0.3, 0.4) is 0 Å². The third kappa shape index (κ3) is 4.25. The van der Waals surface area contributed by atoms with Crippen LogP contribution in [-0.4, -0.2) is 53.5 Å². The lowest BCUT2D eigenvalue weighted by Gasteiger charge is -2.17. The summed E-state index contributed by atoms with van der Waals surface area (Å²) in [5.74, 6) is -0.151. The lowest BCUT2D eigenvalue weighted by Crippen LogP contribution is -2.33. The van der Waals surface area contributed by atoms with E-state index in [2.05, 4.69) is 15.6 Å². The second kappa shape index (κ2) is 8.56. The van der Waals surface area contributed by atoms with E-state index in [9.17, 15) is 9.59 Å². The van der Waals surface area contributed by atoms with E-state index >= 15 is 0 Å². The molecule has 0 atom stereocenters. The van der Waals surface area contributed by atoms with Crippen LogP contribution in [-0.2, 0) is 13.0 Å². The zero-order chi connectivity index (χ0) is 20.3. The highest BCUT2D eigenvalue weighted by Gasteiger charge is 2.27. The van der Waals surface area contributed by atoms with Crippen LogP contribution in [0, 0.1) is 13.8 Å². The Kier molecular flexibility index (Phi) is 6.14. The molecule has 2 amide bonds. The second-order valence-electron chi connectivity index (χ2n) is 7.60. The maximum atomic E-state index is 13.0. The molecule has 0 aliphatic carbocycles. The summed E-state index contributed by atoms with van der Waals surface area (Å²) < 4.78 is 1.91. The van der Waals surface area contributed by atoms with Gasteiger partial charge in [-0.25, -0.2) is 4.98 Å². The van der Waals surface area contributed by atoms with E-state index in [1.807, 2.05) is 55.6 Å². The summed E-state index contributed by atoms with van der Waals surface area (Å²) in [4.78, 5) is 32.1. The first-order valence-corrected chi connectivity index (χ1v) is 9.78. The molecule has 150 valence electrons. The van der Waals surface area contributed by atoms with Crippen LogP contribution in [0.1, 0.15) is 50.8 Å². The normalized spacial score (nSPS) is 13.3. The summed E-state index contributed by atoms with van der Waals surface area (Å²) >= 11 is 0. The van der Waals surface area contributed by atoms with Crippen molar-refractivity contribution in [2.75, 3.05) is 32.5 Å². The monoisotopic (exact) mass is 383 g/mol. The standard InChI is InChI=1S/C21H29N5O2/c1-14-8-7-9-16(15(14)2)23-20(27)18-17-10-5-6-12-26(17)19(24-18)21(28)22-11-13-25(3)4/h7-9H,5-6,10-13H2,1-4H3,(H,22,28)(H,23,27). The summed E-state index contributed by atoms with van der Waals surface area (Å²) in [6.45, 7) is 6.00. The molecule has 0 spiro atoms. The summed E-state index contributed by atoms with van der Waals surface area (Å²) in [6.07, 6.45) is 2.74. The minimum atomic E-state index is -0.258. The van der Waals surface area contributed by atoms with Gasteiger partial charge in [0.25, 0.3) is 11.8 Å². The number of amides is 2. The molecule has 0 saturated heterocycles. The minimum Gasteiger partial charge on any atom is -0.348 e. The van der Waals surface area contributed by atoms with Crippen molar-refractivity contribution in [1.82, 2.24) is 19.8 Å². The van der Waals surface area contributed by atoms with Gasteiger partial charge in [-0.2, -0.15) is 0 Å². The van der Waals surface area contributed by atoms with Gasteiger partial charge in [-0.15, -0.1) is 0 Å². The summed E-state index contributed by atoms with van der Waals surface area (Å²) in [5, 5.41) is 5.88. The van der Waals surface area contributed by atoms with Gasteiger partial charge >= 0.3 is 0 Å². The number of fused-ring (bicyclic) bond motifs is 1. The number of imidazole rings is 1.